The summed E-state index contributed by atoms with van der Waals surface area (Å²) in [7, 11) is 1.79. The van der Waals surface area contributed by atoms with E-state index in [1.807, 2.05) is 20.8 Å². The molecule has 194 valence electrons. The van der Waals surface area contributed by atoms with E-state index in [0.717, 1.165) is 29.1 Å². The Morgan fingerprint density at radius 1 is 0.921 bits per heavy atom. The number of nitrogens with zero attached hydrogens (tertiary/aromatic N) is 5. The molecule has 0 fully saturated rings. The Morgan fingerprint density at radius 2 is 1.66 bits per heavy atom. The number of carbonyl (C=O) groups excluding carboxylic acids is 1. The van der Waals surface area contributed by atoms with Gasteiger partial charge in [-0.25, -0.2) is 22.6 Å². The van der Waals surface area contributed by atoms with Crippen LogP contribution >= 0.6 is 0 Å². The van der Waals surface area contributed by atoms with E-state index < -0.39 is 28.9 Å². The zero-order valence-electron chi connectivity index (χ0n) is 21.1. The molecule has 5 aromatic rings. The van der Waals surface area contributed by atoms with Gasteiger partial charge in [0.05, 0.1) is 35.0 Å². The minimum atomic E-state index is -0.789. The zero-order valence-corrected chi connectivity index (χ0v) is 21.1. The molecule has 0 aliphatic rings. The summed E-state index contributed by atoms with van der Waals surface area (Å²) in [5, 5.41) is 14.6. The normalized spacial score (nSPS) is 11.7. The molecule has 0 aliphatic carbocycles. The topological polar surface area (TPSA) is 89.7 Å². The average Bonchev–Trinajstić information content (AvgIpc) is 3.44. The fraction of sp³-hybridized carbons (Fsp3) is 0.185. The second kappa shape index (κ2) is 9.33. The first kappa shape index (κ1) is 25.0. The zero-order chi connectivity index (χ0) is 27.2. The maximum atomic E-state index is 15.0. The highest BCUT2D eigenvalue weighted by Crippen LogP contribution is 2.30. The number of benzene rings is 2. The molecule has 0 aliphatic heterocycles. The number of aryl methyl sites for hydroxylation is 1. The number of halogens is 3. The number of hydrogen-bond acceptors (Lipinski definition) is 4. The molecule has 0 unspecified atom stereocenters. The summed E-state index contributed by atoms with van der Waals surface area (Å²) < 4.78 is 45.7. The van der Waals surface area contributed by atoms with E-state index in [-0.39, 0.29) is 17.2 Å². The highest BCUT2D eigenvalue weighted by atomic mass is 19.1. The van der Waals surface area contributed by atoms with Gasteiger partial charge in [-0.2, -0.15) is 10.2 Å². The van der Waals surface area contributed by atoms with Gasteiger partial charge < -0.3 is 5.32 Å². The van der Waals surface area contributed by atoms with Crippen molar-refractivity contribution < 1.29 is 18.0 Å². The third kappa shape index (κ3) is 4.82. The Hall–Kier alpha value is -4.67. The number of nitrogens with one attached hydrogen (secondary N) is 2. The van der Waals surface area contributed by atoms with Crippen LogP contribution in [0.3, 0.4) is 0 Å². The maximum Gasteiger partial charge on any atom is 0.324 e. The second-order valence-electron chi connectivity index (χ2n) is 9.87. The lowest BCUT2D eigenvalue weighted by molar-refractivity contribution is 0.262. The van der Waals surface area contributed by atoms with Crippen molar-refractivity contribution in [2.45, 2.75) is 26.2 Å². The highest BCUT2D eigenvalue weighted by Gasteiger charge is 2.22. The molecule has 0 spiro atoms. The molecule has 2 aromatic carbocycles. The van der Waals surface area contributed by atoms with Crippen LogP contribution in [0.25, 0.3) is 27.7 Å². The smallest absolute Gasteiger partial charge is 0.305 e. The summed E-state index contributed by atoms with van der Waals surface area (Å²) >= 11 is 0. The van der Waals surface area contributed by atoms with Crippen molar-refractivity contribution in [3.05, 3.63) is 84.2 Å². The molecule has 0 radical (unpaired) electrons. The number of fused-ring (bicyclic) bond motifs is 1. The van der Waals surface area contributed by atoms with Crippen molar-refractivity contribution in [2.24, 2.45) is 7.05 Å². The number of carbonyl (C=O) groups is 1. The summed E-state index contributed by atoms with van der Waals surface area (Å²) in [6.07, 6.45) is 4.99. The van der Waals surface area contributed by atoms with E-state index in [2.05, 4.69) is 25.8 Å². The number of urea groups is 1. The monoisotopic (exact) mass is 519 g/mol. The molecule has 3 aromatic heterocycles. The number of pyridine rings is 1. The van der Waals surface area contributed by atoms with Crippen LogP contribution < -0.4 is 10.6 Å². The van der Waals surface area contributed by atoms with Crippen LogP contribution in [0.4, 0.5) is 29.5 Å². The third-order valence-electron chi connectivity index (χ3n) is 6.01. The standard InChI is InChI=1S/C27H24F3N7O/c1-27(2,3)24-11-25(37(35-24)18-9-16(28)8-17(29)10-18)34-26(38)33-22-6-5-15(7-21(22)30)19-12-31-14-23-20(19)13-32-36(23)4/h5-14H,1-4H3,(H2,33,34,38). The fourth-order valence-electron chi connectivity index (χ4n) is 4.04. The van der Waals surface area contributed by atoms with Crippen molar-refractivity contribution in [2.75, 3.05) is 10.6 Å². The highest BCUT2D eigenvalue weighted by molar-refractivity contribution is 6.00. The lowest BCUT2D eigenvalue weighted by Crippen LogP contribution is -2.22. The quantitative estimate of drug-likeness (QED) is 0.297. The third-order valence-corrected chi connectivity index (χ3v) is 6.01. The van der Waals surface area contributed by atoms with E-state index in [9.17, 15) is 13.6 Å². The minimum Gasteiger partial charge on any atom is -0.305 e. The number of anilines is 2. The van der Waals surface area contributed by atoms with Crippen molar-refractivity contribution in [3.63, 3.8) is 0 Å². The summed E-state index contributed by atoms with van der Waals surface area (Å²) in [5.41, 5.74) is 2.25. The molecule has 5 rings (SSSR count). The fourth-order valence-corrected chi connectivity index (χ4v) is 4.04. The summed E-state index contributed by atoms with van der Waals surface area (Å²) in [4.78, 5) is 17.1. The first-order valence-corrected chi connectivity index (χ1v) is 11.7. The van der Waals surface area contributed by atoms with Crippen molar-refractivity contribution in [1.82, 2.24) is 24.5 Å². The Morgan fingerprint density at radius 3 is 2.34 bits per heavy atom. The Bertz CT molecular complexity index is 1660. The Kier molecular flexibility index (Phi) is 6.14. The molecule has 8 nitrogen and oxygen atoms in total. The van der Waals surface area contributed by atoms with E-state index in [0.29, 0.717) is 16.8 Å². The van der Waals surface area contributed by atoms with E-state index in [1.54, 1.807) is 42.5 Å². The van der Waals surface area contributed by atoms with Crippen molar-refractivity contribution in [3.8, 4) is 16.8 Å². The molecule has 0 atom stereocenters. The van der Waals surface area contributed by atoms with Crippen molar-refractivity contribution in [1.29, 1.82) is 0 Å². The van der Waals surface area contributed by atoms with Crippen molar-refractivity contribution >= 4 is 28.4 Å². The van der Waals surface area contributed by atoms with Crippen LogP contribution in [0.15, 0.2) is 61.1 Å². The van der Waals surface area contributed by atoms with E-state index in [4.69, 9.17) is 0 Å². The van der Waals surface area contributed by atoms with Crippen LogP contribution in [0, 0.1) is 17.5 Å². The van der Waals surface area contributed by atoms with Gasteiger partial charge in [0.15, 0.2) is 0 Å². The lowest BCUT2D eigenvalue weighted by atomic mass is 9.92. The molecular formula is C27H24F3N7O. The molecule has 2 N–H and O–H groups in total. The van der Waals surface area contributed by atoms with Gasteiger partial charge in [0.25, 0.3) is 0 Å². The van der Waals surface area contributed by atoms with E-state index in [1.165, 1.54) is 16.8 Å². The van der Waals surface area contributed by atoms with Gasteiger partial charge in [-0.3, -0.25) is 15.0 Å². The SMILES string of the molecule is Cn1ncc2c(-c3ccc(NC(=O)Nc4cc(C(C)(C)C)nn4-c4cc(F)cc(F)c4)c(F)c3)cncc21. The van der Waals surface area contributed by atoms with Crippen LogP contribution in [-0.4, -0.2) is 30.6 Å². The maximum absolute atomic E-state index is 15.0. The molecule has 0 bridgehead atoms. The van der Waals surface area contributed by atoms with Crippen LogP contribution in [0.5, 0.6) is 0 Å². The number of aromatic nitrogens is 5. The van der Waals surface area contributed by atoms with Gasteiger partial charge >= 0.3 is 6.03 Å². The van der Waals surface area contributed by atoms with E-state index >= 15 is 4.39 Å². The van der Waals surface area contributed by atoms with Gasteiger partial charge in [0.2, 0.25) is 0 Å². The van der Waals surface area contributed by atoms with Gasteiger partial charge in [-0.1, -0.05) is 26.8 Å². The van der Waals surface area contributed by atoms with Crippen LogP contribution in [0.1, 0.15) is 26.5 Å². The summed E-state index contributed by atoms with van der Waals surface area (Å²) in [5.74, 6) is -2.08. The molecule has 0 saturated heterocycles. The Labute approximate surface area is 216 Å². The first-order valence-electron chi connectivity index (χ1n) is 11.7. The molecule has 38 heavy (non-hydrogen) atoms. The predicted molar refractivity (Wildman–Crippen MR) is 139 cm³/mol. The number of rotatable bonds is 4. The molecule has 11 heteroatoms. The summed E-state index contributed by atoms with van der Waals surface area (Å²) in [6, 6.07) is 8.20. The van der Waals surface area contributed by atoms with Gasteiger partial charge in [0, 0.05) is 41.7 Å². The summed E-state index contributed by atoms with van der Waals surface area (Å²) in [6.45, 7) is 5.73. The molecule has 3 heterocycles. The predicted octanol–water partition coefficient (Wildman–Crippen LogP) is 6.18. The molecule has 0 saturated carbocycles. The number of amides is 2. The molecule has 2 amide bonds. The second-order valence-corrected chi connectivity index (χ2v) is 9.87. The van der Waals surface area contributed by atoms with Gasteiger partial charge in [-0.15, -0.1) is 0 Å². The Balaban J connectivity index is 1.41. The van der Waals surface area contributed by atoms with Crippen LogP contribution in [0.2, 0.25) is 0 Å². The van der Waals surface area contributed by atoms with Gasteiger partial charge in [0.1, 0.15) is 23.3 Å². The minimum absolute atomic E-state index is 0.0588. The molecular weight excluding hydrogens is 495 g/mol. The van der Waals surface area contributed by atoms with Gasteiger partial charge in [-0.05, 0) is 29.8 Å². The average molecular weight is 520 g/mol. The first-order chi connectivity index (χ1) is 18.0. The van der Waals surface area contributed by atoms with Crippen LogP contribution in [-0.2, 0) is 12.5 Å². The number of hydrogen-bond donors (Lipinski definition) is 2. The largest absolute Gasteiger partial charge is 0.324 e. The lowest BCUT2D eigenvalue weighted by Gasteiger charge is -2.14.